The highest BCUT2D eigenvalue weighted by atomic mass is 19.1. The first-order valence-electron chi connectivity index (χ1n) is 5.09. The summed E-state index contributed by atoms with van der Waals surface area (Å²) >= 11 is 0. The molecule has 0 saturated carbocycles. The van der Waals surface area contributed by atoms with Crippen LogP contribution in [0.15, 0.2) is 22.7 Å². The molecule has 94 valence electrons. The second-order valence-corrected chi connectivity index (χ2v) is 3.65. The minimum Gasteiger partial charge on any atom is -0.479 e. The van der Waals surface area contributed by atoms with Crippen LogP contribution in [0.25, 0.3) is 0 Å². The Balaban J connectivity index is 2.16. The fourth-order valence-corrected chi connectivity index (χ4v) is 1.41. The van der Waals surface area contributed by atoms with E-state index in [0.29, 0.717) is 17.7 Å². The molecule has 0 aliphatic carbocycles. The van der Waals surface area contributed by atoms with Crippen LogP contribution in [0.1, 0.15) is 21.8 Å². The summed E-state index contributed by atoms with van der Waals surface area (Å²) < 4.78 is 36.7. The van der Waals surface area contributed by atoms with Crippen molar-refractivity contribution < 1.29 is 22.8 Å². The highest BCUT2D eigenvalue weighted by molar-refractivity contribution is 5.75. The number of hydrogen-bond donors (Lipinski definition) is 0. The molecular weight excluding hydrogens is 244 g/mol. The molecule has 6 heteroatoms. The third kappa shape index (κ3) is 2.53. The molecule has 4 nitrogen and oxygen atoms in total. The number of nitrogens with zero attached hydrogens (tertiary/aromatic N) is 1. The van der Waals surface area contributed by atoms with Crippen molar-refractivity contribution in [3.63, 3.8) is 0 Å². The van der Waals surface area contributed by atoms with Crippen molar-refractivity contribution >= 4 is 6.29 Å². The van der Waals surface area contributed by atoms with Crippen LogP contribution in [0.5, 0.6) is 5.75 Å². The van der Waals surface area contributed by atoms with E-state index in [4.69, 9.17) is 9.26 Å². The van der Waals surface area contributed by atoms with Crippen LogP contribution >= 0.6 is 0 Å². The average Bonchev–Trinajstić information content (AvgIpc) is 2.73. The zero-order chi connectivity index (χ0) is 13.1. The number of aryl methyl sites for hydroxylation is 1. The zero-order valence-electron chi connectivity index (χ0n) is 9.44. The lowest BCUT2D eigenvalue weighted by atomic mass is 10.2. The normalized spacial score (nSPS) is 10.4. The first kappa shape index (κ1) is 12.2. The SMILES string of the molecule is Cc1cc(COc2c(F)cc(C=O)cc2F)on1. The van der Waals surface area contributed by atoms with E-state index >= 15 is 0 Å². The first-order chi connectivity index (χ1) is 8.60. The van der Waals surface area contributed by atoms with Crippen molar-refractivity contribution in [2.24, 2.45) is 0 Å². The molecule has 0 bridgehead atoms. The van der Waals surface area contributed by atoms with Gasteiger partial charge in [0.05, 0.1) is 5.69 Å². The molecule has 0 fully saturated rings. The molecule has 1 heterocycles. The molecule has 0 atom stereocenters. The van der Waals surface area contributed by atoms with Gasteiger partial charge in [-0.05, 0) is 19.1 Å². The fourth-order valence-electron chi connectivity index (χ4n) is 1.41. The van der Waals surface area contributed by atoms with E-state index in [1.54, 1.807) is 13.0 Å². The summed E-state index contributed by atoms with van der Waals surface area (Å²) in [6, 6.07) is 3.39. The Morgan fingerprint density at radius 3 is 2.50 bits per heavy atom. The van der Waals surface area contributed by atoms with Crippen molar-refractivity contribution in [1.29, 1.82) is 0 Å². The van der Waals surface area contributed by atoms with Gasteiger partial charge in [0, 0.05) is 11.6 Å². The number of rotatable bonds is 4. The topological polar surface area (TPSA) is 52.3 Å². The average molecular weight is 253 g/mol. The summed E-state index contributed by atoms with van der Waals surface area (Å²) in [5.74, 6) is -2.07. The van der Waals surface area contributed by atoms with Gasteiger partial charge in [-0.25, -0.2) is 8.78 Å². The number of aldehydes is 1. The lowest BCUT2D eigenvalue weighted by Gasteiger charge is -2.06. The van der Waals surface area contributed by atoms with Gasteiger partial charge in [0.15, 0.2) is 23.1 Å². The van der Waals surface area contributed by atoms with Crippen molar-refractivity contribution in [1.82, 2.24) is 5.16 Å². The zero-order valence-corrected chi connectivity index (χ0v) is 9.44. The van der Waals surface area contributed by atoms with Gasteiger partial charge in [0.25, 0.3) is 0 Å². The van der Waals surface area contributed by atoms with Gasteiger partial charge in [0.1, 0.15) is 12.9 Å². The van der Waals surface area contributed by atoms with E-state index in [-0.39, 0.29) is 12.2 Å². The van der Waals surface area contributed by atoms with Crippen LogP contribution in [0.2, 0.25) is 0 Å². The lowest BCUT2D eigenvalue weighted by molar-refractivity contribution is 0.112. The van der Waals surface area contributed by atoms with Crippen molar-refractivity contribution in [2.75, 3.05) is 0 Å². The Labute approximate surface area is 101 Å². The molecule has 0 amide bonds. The van der Waals surface area contributed by atoms with Crippen LogP contribution in [-0.4, -0.2) is 11.4 Å². The fraction of sp³-hybridized carbons (Fsp3) is 0.167. The molecule has 2 aromatic rings. The predicted octanol–water partition coefficient (Wildman–Crippen LogP) is 2.65. The number of hydrogen-bond acceptors (Lipinski definition) is 4. The molecule has 1 aromatic carbocycles. The number of ether oxygens (including phenoxy) is 1. The quantitative estimate of drug-likeness (QED) is 0.786. The summed E-state index contributed by atoms with van der Waals surface area (Å²) in [5, 5.41) is 3.61. The molecule has 0 spiro atoms. The number of halogens is 2. The second kappa shape index (κ2) is 4.95. The van der Waals surface area contributed by atoms with Crippen molar-refractivity contribution in [3.8, 4) is 5.75 Å². The standard InChI is InChI=1S/C12H9F2NO3/c1-7-2-9(18-15-7)6-17-12-10(13)3-8(5-16)4-11(12)14/h2-5H,6H2,1H3. The largest absolute Gasteiger partial charge is 0.479 e. The van der Waals surface area contributed by atoms with Gasteiger partial charge >= 0.3 is 0 Å². The van der Waals surface area contributed by atoms with Crippen molar-refractivity contribution in [2.45, 2.75) is 13.5 Å². The van der Waals surface area contributed by atoms with Gasteiger partial charge in [-0.2, -0.15) is 0 Å². The maximum atomic E-state index is 13.4. The number of benzene rings is 1. The van der Waals surface area contributed by atoms with Gasteiger partial charge in [-0.15, -0.1) is 0 Å². The third-order valence-electron chi connectivity index (χ3n) is 2.19. The summed E-state index contributed by atoms with van der Waals surface area (Å²) in [5.41, 5.74) is 0.554. The molecule has 0 saturated heterocycles. The molecular formula is C12H9F2NO3. The summed E-state index contributed by atoms with van der Waals surface area (Å²) in [6.45, 7) is 1.57. The molecule has 0 aliphatic heterocycles. The van der Waals surface area contributed by atoms with Crippen LogP contribution in [0, 0.1) is 18.6 Å². The minimum atomic E-state index is -0.937. The monoisotopic (exact) mass is 253 g/mol. The maximum Gasteiger partial charge on any atom is 0.191 e. The first-order valence-corrected chi connectivity index (χ1v) is 5.09. The Morgan fingerprint density at radius 1 is 1.33 bits per heavy atom. The molecule has 0 radical (unpaired) electrons. The summed E-state index contributed by atoms with van der Waals surface area (Å²) in [6.07, 6.45) is 0.357. The van der Waals surface area contributed by atoms with Gasteiger partial charge in [-0.1, -0.05) is 5.16 Å². The maximum absolute atomic E-state index is 13.4. The number of aromatic nitrogens is 1. The van der Waals surface area contributed by atoms with E-state index in [1.165, 1.54) is 0 Å². The Bertz CT molecular complexity index is 557. The molecule has 0 aliphatic rings. The van der Waals surface area contributed by atoms with Crippen LogP contribution < -0.4 is 4.74 Å². The van der Waals surface area contributed by atoms with Gasteiger partial charge in [0.2, 0.25) is 0 Å². The van der Waals surface area contributed by atoms with Gasteiger partial charge < -0.3 is 9.26 Å². The molecule has 0 N–H and O–H groups in total. The smallest absolute Gasteiger partial charge is 0.191 e. The lowest BCUT2D eigenvalue weighted by Crippen LogP contribution is -2.00. The Hall–Kier alpha value is -2.24. The van der Waals surface area contributed by atoms with E-state index < -0.39 is 17.4 Å². The van der Waals surface area contributed by atoms with Gasteiger partial charge in [-0.3, -0.25) is 4.79 Å². The summed E-state index contributed by atoms with van der Waals surface area (Å²) in [7, 11) is 0. The molecule has 18 heavy (non-hydrogen) atoms. The predicted molar refractivity (Wildman–Crippen MR) is 57.3 cm³/mol. The molecule has 2 rings (SSSR count). The van der Waals surface area contributed by atoms with E-state index in [2.05, 4.69) is 5.16 Å². The second-order valence-electron chi connectivity index (χ2n) is 3.65. The minimum absolute atomic E-state index is 0.0899. The summed E-state index contributed by atoms with van der Waals surface area (Å²) in [4.78, 5) is 10.4. The van der Waals surface area contributed by atoms with E-state index in [9.17, 15) is 13.6 Å². The molecule has 0 unspecified atom stereocenters. The number of carbonyl (C=O) groups is 1. The van der Waals surface area contributed by atoms with E-state index in [0.717, 1.165) is 12.1 Å². The molecule has 1 aromatic heterocycles. The van der Waals surface area contributed by atoms with Crippen LogP contribution in [0.4, 0.5) is 8.78 Å². The highest BCUT2D eigenvalue weighted by Crippen LogP contribution is 2.23. The third-order valence-corrected chi connectivity index (χ3v) is 2.19. The van der Waals surface area contributed by atoms with Crippen LogP contribution in [0.3, 0.4) is 0 Å². The number of carbonyl (C=O) groups excluding carboxylic acids is 1. The Kier molecular flexibility index (Phi) is 3.36. The Morgan fingerprint density at radius 2 is 2.00 bits per heavy atom. The highest BCUT2D eigenvalue weighted by Gasteiger charge is 2.13. The van der Waals surface area contributed by atoms with E-state index in [1.807, 2.05) is 0 Å². The van der Waals surface area contributed by atoms with Crippen LogP contribution in [-0.2, 0) is 6.61 Å². The van der Waals surface area contributed by atoms with Crippen molar-refractivity contribution in [3.05, 3.63) is 46.9 Å².